The van der Waals surface area contributed by atoms with Crippen LogP contribution in [0.1, 0.15) is 65.7 Å². The van der Waals surface area contributed by atoms with Crippen molar-refractivity contribution in [2.45, 2.75) is 46.2 Å². The molecule has 3 rings (SSSR count). The minimum Gasteiger partial charge on any atom is -0.490 e. The smallest absolute Gasteiger partial charge is 0.252 e. The molecular weight excluding hydrogens is 460 g/mol. The van der Waals surface area contributed by atoms with E-state index < -0.39 is 11.9 Å². The van der Waals surface area contributed by atoms with Gasteiger partial charge in [-0.25, -0.2) is 0 Å². The van der Waals surface area contributed by atoms with Crippen LogP contribution >= 0.6 is 0 Å². The molecule has 3 aromatic rings. The summed E-state index contributed by atoms with van der Waals surface area (Å²) < 4.78 is 16.8. The molecule has 0 radical (unpaired) electrons. The van der Waals surface area contributed by atoms with E-state index >= 15 is 0 Å². The van der Waals surface area contributed by atoms with Crippen molar-refractivity contribution in [3.05, 3.63) is 83.3 Å². The first-order valence-corrected chi connectivity index (χ1v) is 12.1. The lowest BCUT2D eigenvalue weighted by Gasteiger charge is -2.16. The fourth-order valence-electron chi connectivity index (χ4n) is 3.42. The number of hydrogen-bond acceptors (Lipinski definition) is 6. The van der Waals surface area contributed by atoms with E-state index in [9.17, 15) is 14.4 Å². The predicted octanol–water partition coefficient (Wildman–Crippen LogP) is 4.52. The number of amides is 2. The van der Waals surface area contributed by atoms with Crippen LogP contribution in [0.3, 0.4) is 0 Å². The lowest BCUT2D eigenvalue weighted by Crippen LogP contribution is -2.44. The standard InChI is InChI=1S/C28H32N2O6/c1-4-14-35-24-13-12-20(17-25(24)36-15-5-2)26(31)22-10-6-7-11-23(22)28(33)30-19(3)27(32)29-18-21-9-8-16-34-21/h6-13,16-17,19H,4-5,14-15,18H2,1-3H3,(H,29,32)(H,30,33). The molecule has 1 unspecified atom stereocenters. The molecule has 1 atom stereocenters. The Labute approximate surface area is 211 Å². The van der Waals surface area contributed by atoms with Gasteiger partial charge in [-0.1, -0.05) is 32.0 Å². The van der Waals surface area contributed by atoms with Gasteiger partial charge in [-0.3, -0.25) is 14.4 Å². The van der Waals surface area contributed by atoms with Crippen molar-refractivity contribution in [3.63, 3.8) is 0 Å². The lowest BCUT2D eigenvalue weighted by molar-refractivity contribution is -0.122. The molecule has 2 aromatic carbocycles. The Kier molecular flexibility index (Phi) is 9.68. The Morgan fingerprint density at radius 1 is 0.889 bits per heavy atom. The quantitative estimate of drug-likeness (QED) is 0.340. The number of rotatable bonds is 13. The highest BCUT2D eigenvalue weighted by molar-refractivity contribution is 6.15. The minimum atomic E-state index is -0.820. The molecule has 0 bridgehead atoms. The monoisotopic (exact) mass is 492 g/mol. The predicted molar refractivity (Wildman–Crippen MR) is 135 cm³/mol. The van der Waals surface area contributed by atoms with Gasteiger partial charge in [-0.2, -0.15) is 0 Å². The molecule has 0 spiro atoms. The van der Waals surface area contributed by atoms with Gasteiger partial charge in [0, 0.05) is 11.1 Å². The number of carbonyl (C=O) groups excluding carboxylic acids is 3. The van der Waals surface area contributed by atoms with Gasteiger partial charge >= 0.3 is 0 Å². The molecule has 2 amide bonds. The summed E-state index contributed by atoms with van der Waals surface area (Å²) in [7, 11) is 0. The minimum absolute atomic E-state index is 0.176. The second-order valence-electron chi connectivity index (χ2n) is 8.23. The van der Waals surface area contributed by atoms with Crippen molar-refractivity contribution in [1.29, 1.82) is 0 Å². The molecule has 0 saturated carbocycles. The van der Waals surface area contributed by atoms with E-state index in [1.165, 1.54) is 6.26 Å². The molecule has 0 fully saturated rings. The molecule has 0 aliphatic carbocycles. The number of furan rings is 1. The van der Waals surface area contributed by atoms with Crippen LogP contribution in [0.5, 0.6) is 11.5 Å². The highest BCUT2D eigenvalue weighted by Gasteiger charge is 2.22. The van der Waals surface area contributed by atoms with E-state index in [0.29, 0.717) is 36.0 Å². The van der Waals surface area contributed by atoms with Gasteiger partial charge in [-0.05, 0) is 56.2 Å². The largest absolute Gasteiger partial charge is 0.490 e. The zero-order valence-corrected chi connectivity index (χ0v) is 20.8. The Morgan fingerprint density at radius 2 is 1.58 bits per heavy atom. The van der Waals surface area contributed by atoms with E-state index in [2.05, 4.69) is 10.6 Å². The molecule has 2 N–H and O–H groups in total. The fraction of sp³-hybridized carbons (Fsp3) is 0.321. The van der Waals surface area contributed by atoms with E-state index in [1.54, 1.807) is 61.5 Å². The third-order valence-electron chi connectivity index (χ3n) is 5.30. The molecule has 0 aliphatic heterocycles. The topological polar surface area (TPSA) is 107 Å². The SMILES string of the molecule is CCCOc1ccc(C(=O)c2ccccc2C(=O)NC(C)C(=O)NCc2ccco2)cc1OCCC. The summed E-state index contributed by atoms with van der Waals surface area (Å²) in [6.07, 6.45) is 3.17. The third kappa shape index (κ3) is 6.97. The number of ether oxygens (including phenoxy) is 2. The van der Waals surface area contributed by atoms with Crippen LogP contribution in [0.2, 0.25) is 0 Å². The molecule has 1 aromatic heterocycles. The molecule has 8 nitrogen and oxygen atoms in total. The van der Waals surface area contributed by atoms with Crippen LogP contribution in [0.25, 0.3) is 0 Å². The van der Waals surface area contributed by atoms with Crippen molar-refractivity contribution in [2.75, 3.05) is 13.2 Å². The normalized spacial score (nSPS) is 11.4. The van der Waals surface area contributed by atoms with Crippen molar-refractivity contribution in [3.8, 4) is 11.5 Å². The average Bonchev–Trinajstić information content (AvgIpc) is 3.42. The molecule has 8 heteroatoms. The molecule has 1 heterocycles. The fourth-order valence-corrected chi connectivity index (χ4v) is 3.42. The van der Waals surface area contributed by atoms with Gasteiger partial charge in [0.15, 0.2) is 17.3 Å². The first kappa shape index (κ1) is 26.5. The van der Waals surface area contributed by atoms with E-state index in [-0.39, 0.29) is 29.4 Å². The van der Waals surface area contributed by atoms with Crippen LogP contribution in [0.4, 0.5) is 0 Å². The van der Waals surface area contributed by atoms with Gasteiger partial charge in [0.05, 0.1) is 31.6 Å². The Hall–Kier alpha value is -4.07. The van der Waals surface area contributed by atoms with Gasteiger partial charge in [0.25, 0.3) is 5.91 Å². The van der Waals surface area contributed by atoms with Crippen molar-refractivity contribution in [1.82, 2.24) is 10.6 Å². The molecule has 36 heavy (non-hydrogen) atoms. The molecular formula is C28H32N2O6. The van der Waals surface area contributed by atoms with E-state index in [0.717, 1.165) is 12.8 Å². The number of benzene rings is 2. The van der Waals surface area contributed by atoms with E-state index in [4.69, 9.17) is 13.9 Å². The van der Waals surface area contributed by atoms with Gasteiger partial charge in [0.1, 0.15) is 11.8 Å². The first-order valence-electron chi connectivity index (χ1n) is 12.1. The Morgan fingerprint density at radius 3 is 2.25 bits per heavy atom. The second kappa shape index (κ2) is 13.1. The Balaban J connectivity index is 1.75. The van der Waals surface area contributed by atoms with Crippen LogP contribution < -0.4 is 20.1 Å². The van der Waals surface area contributed by atoms with Gasteiger partial charge < -0.3 is 24.5 Å². The zero-order valence-electron chi connectivity index (χ0n) is 20.8. The number of hydrogen-bond donors (Lipinski definition) is 2. The highest BCUT2D eigenvalue weighted by atomic mass is 16.5. The number of ketones is 1. The zero-order chi connectivity index (χ0) is 25.9. The average molecular weight is 493 g/mol. The van der Waals surface area contributed by atoms with Gasteiger partial charge in [-0.15, -0.1) is 0 Å². The van der Waals surface area contributed by atoms with Crippen LogP contribution in [0.15, 0.2) is 65.3 Å². The second-order valence-corrected chi connectivity index (χ2v) is 8.23. The third-order valence-corrected chi connectivity index (χ3v) is 5.30. The molecule has 190 valence electrons. The number of nitrogens with one attached hydrogen (secondary N) is 2. The maximum atomic E-state index is 13.4. The summed E-state index contributed by atoms with van der Waals surface area (Å²) in [5, 5.41) is 5.37. The van der Waals surface area contributed by atoms with E-state index in [1.807, 2.05) is 13.8 Å². The highest BCUT2D eigenvalue weighted by Crippen LogP contribution is 2.30. The first-order chi connectivity index (χ1) is 17.4. The Bertz CT molecular complexity index is 1170. The molecule has 0 saturated heterocycles. The summed E-state index contributed by atoms with van der Waals surface area (Å²) in [6.45, 7) is 6.81. The molecule has 0 aliphatic rings. The van der Waals surface area contributed by atoms with Crippen LogP contribution in [-0.4, -0.2) is 36.9 Å². The number of carbonyl (C=O) groups is 3. The van der Waals surface area contributed by atoms with Crippen LogP contribution in [0, 0.1) is 0 Å². The maximum absolute atomic E-state index is 13.4. The summed E-state index contributed by atoms with van der Waals surface area (Å²) in [4.78, 5) is 38.8. The summed E-state index contributed by atoms with van der Waals surface area (Å²) in [5.74, 6) is 0.432. The van der Waals surface area contributed by atoms with Crippen LogP contribution in [-0.2, 0) is 11.3 Å². The summed E-state index contributed by atoms with van der Waals surface area (Å²) in [6, 6.07) is 14.2. The summed E-state index contributed by atoms with van der Waals surface area (Å²) >= 11 is 0. The lowest BCUT2D eigenvalue weighted by atomic mass is 9.97. The van der Waals surface area contributed by atoms with Crippen molar-refractivity contribution in [2.24, 2.45) is 0 Å². The van der Waals surface area contributed by atoms with Gasteiger partial charge in [0.2, 0.25) is 5.91 Å². The summed E-state index contributed by atoms with van der Waals surface area (Å²) in [5.41, 5.74) is 0.770. The van der Waals surface area contributed by atoms with Crippen molar-refractivity contribution >= 4 is 17.6 Å². The van der Waals surface area contributed by atoms with Crippen molar-refractivity contribution < 1.29 is 28.3 Å². The maximum Gasteiger partial charge on any atom is 0.252 e.